The summed E-state index contributed by atoms with van der Waals surface area (Å²) in [5, 5.41) is 27.8. The van der Waals surface area contributed by atoms with Crippen LogP contribution in [0.3, 0.4) is 0 Å². The number of carbonyl (C=O) groups is 6. The van der Waals surface area contributed by atoms with E-state index in [4.69, 9.17) is 68.4 Å². The predicted octanol–water partition coefficient (Wildman–Crippen LogP) is 5.83. The van der Waals surface area contributed by atoms with Gasteiger partial charge in [0.05, 0.1) is 84.5 Å². The van der Waals surface area contributed by atoms with Gasteiger partial charge in [-0.2, -0.15) is 0 Å². The number of nitrogens with one attached hydrogen (secondary N) is 2. The van der Waals surface area contributed by atoms with Crippen LogP contribution >= 0.6 is 11.6 Å². The number of aliphatic hydroxyl groups is 1. The van der Waals surface area contributed by atoms with Crippen LogP contribution in [0.2, 0.25) is 5.02 Å². The molecule has 18 atom stereocenters. The fourth-order valence-corrected chi connectivity index (χ4v) is 13.1. The molecule has 26 heteroatoms. The van der Waals surface area contributed by atoms with Crippen LogP contribution in [-0.2, 0) is 76.0 Å². The van der Waals surface area contributed by atoms with Gasteiger partial charge in [-0.1, -0.05) is 39.3 Å². The van der Waals surface area contributed by atoms with Gasteiger partial charge in [0, 0.05) is 69.1 Å². The minimum Gasteiger partial charge on any atom is -0.477 e. The summed E-state index contributed by atoms with van der Waals surface area (Å²) in [6.07, 6.45) is -7.27. The number of carboxylic acids is 1. The number of Topliss-reactive ketones (excluding diaryl/α,β-unsaturated/α-hetero) is 1. The van der Waals surface area contributed by atoms with E-state index in [1.165, 1.54) is 20.4 Å². The van der Waals surface area contributed by atoms with Gasteiger partial charge < -0.3 is 87.2 Å². The number of cyclic esters (lactones) is 1. The molecule has 5 heterocycles. The summed E-state index contributed by atoms with van der Waals surface area (Å²) in [6, 6.07) is 2.98. The molecule has 4 aliphatic heterocycles. The van der Waals surface area contributed by atoms with Crippen LogP contribution in [0, 0.1) is 23.7 Å². The van der Waals surface area contributed by atoms with E-state index in [2.05, 4.69) is 10.6 Å². The maximum Gasteiger partial charge on any atom is 0.509 e. The van der Waals surface area contributed by atoms with E-state index in [1.54, 1.807) is 72.1 Å². The molecule has 5 aliphatic rings. The Labute approximate surface area is 513 Å². The number of methoxy groups -OCH3 is 2. The van der Waals surface area contributed by atoms with Crippen molar-refractivity contribution in [2.45, 2.75) is 204 Å². The lowest BCUT2D eigenvalue weighted by Gasteiger charge is -2.50. The Hall–Kier alpha value is -5.06. The zero-order valence-corrected chi connectivity index (χ0v) is 53.3. The first-order valence-electron chi connectivity index (χ1n) is 30.2. The van der Waals surface area contributed by atoms with Crippen LogP contribution < -0.4 is 16.1 Å². The highest BCUT2D eigenvalue weighted by Crippen LogP contribution is 2.45. The number of amides is 1. The minimum atomic E-state index is -1.55. The maximum atomic E-state index is 14.8. The van der Waals surface area contributed by atoms with Crippen LogP contribution in [0.4, 0.5) is 10.5 Å². The van der Waals surface area contributed by atoms with Gasteiger partial charge in [-0.25, -0.2) is 9.59 Å². The number of carbonyl (C=O) groups excluding carboxylic acids is 5. The van der Waals surface area contributed by atoms with Crippen molar-refractivity contribution in [2.75, 3.05) is 73.1 Å². The highest BCUT2D eigenvalue weighted by atomic mass is 35.5. The number of nitrogens with zero attached hydrogens (tertiary/aromatic N) is 2. The average molecular weight is 1250 g/mol. The first-order valence-corrected chi connectivity index (χ1v) is 30.6. The summed E-state index contributed by atoms with van der Waals surface area (Å²) in [4.78, 5) is 95.3. The van der Waals surface area contributed by atoms with E-state index < -0.39 is 138 Å². The summed E-state index contributed by atoms with van der Waals surface area (Å²) in [7, 11) is 6.66. The molecule has 2 aromatic rings. The fourth-order valence-electron chi connectivity index (χ4n) is 12.9. The molecule has 1 amide bonds. The van der Waals surface area contributed by atoms with E-state index in [0.717, 1.165) is 12.8 Å². The van der Waals surface area contributed by atoms with Gasteiger partial charge in [0.1, 0.15) is 35.7 Å². The molecule has 1 saturated carbocycles. The standard InChI is InChI=1S/C61H91ClN4O21/c1-15-44-61(10)53(86-58(75)87-61)33(4)48(69)31(2)27-59(8,76-13)52(85-57-50(71)43(65(11)12)24-32(3)80-57)34(5)51(35(6)56(74)82-44)84-47-28-60(9,77-14)54(36(7)81-47)83-46(68)29-64-45(67)18-20-78-22-23-79-21-19-63-41-25-38-42(26-40(41)62)66(37-16-17-37)30-39(49(38)70)55(72)73/h25-26,30-37,43-44,47,50-54,57,63,71H,15-24,27-29H2,1-14H3,(H,64,67)(H,72,73)/t31-,32+,33+,34+,35-,36+,43-,44-,47+,50+,51+,52-,53-,54+,57-,59-,60-,61-/m1/s1. The second-order valence-corrected chi connectivity index (χ2v) is 25.3. The Kier molecular flexibility index (Phi) is 23.4. The van der Waals surface area contributed by atoms with Gasteiger partial charge in [-0.3, -0.25) is 24.0 Å². The molecule has 0 unspecified atom stereocenters. The largest absolute Gasteiger partial charge is 0.509 e. The first-order chi connectivity index (χ1) is 41.0. The van der Waals surface area contributed by atoms with Crippen LogP contribution in [0.5, 0.6) is 0 Å². The number of aromatic carboxylic acids is 1. The summed E-state index contributed by atoms with van der Waals surface area (Å²) >= 11 is 6.56. The summed E-state index contributed by atoms with van der Waals surface area (Å²) < 4.78 is 76.0. The molecule has 4 saturated heterocycles. The quantitative estimate of drug-likeness (QED) is 0.0578. The average Bonchev–Trinajstić information content (AvgIpc) is 1.82. The highest BCUT2D eigenvalue weighted by Gasteiger charge is 2.60. The van der Waals surface area contributed by atoms with Crippen LogP contribution in [0.15, 0.2) is 23.1 Å². The number of anilines is 1. The second-order valence-electron chi connectivity index (χ2n) is 24.8. The predicted molar refractivity (Wildman–Crippen MR) is 314 cm³/mol. The molecule has 0 radical (unpaired) electrons. The fraction of sp³-hybridized carbons (Fsp3) is 0.754. The molecule has 87 heavy (non-hydrogen) atoms. The molecule has 488 valence electrons. The van der Waals surface area contributed by atoms with Crippen molar-refractivity contribution in [1.29, 1.82) is 0 Å². The number of carboxylic acid groups (broad SMARTS) is 1. The molecule has 25 nitrogen and oxygen atoms in total. The molecular formula is C61H91ClN4O21. The normalized spacial score (nSPS) is 35.2. The molecule has 4 N–H and O–H groups in total. The molecule has 1 aliphatic carbocycles. The lowest BCUT2D eigenvalue weighted by Crippen LogP contribution is -2.61. The smallest absolute Gasteiger partial charge is 0.477 e. The molecule has 1 aromatic heterocycles. The highest BCUT2D eigenvalue weighted by molar-refractivity contribution is 6.34. The van der Waals surface area contributed by atoms with Crippen molar-refractivity contribution in [1.82, 2.24) is 14.8 Å². The molecular weight excluding hydrogens is 1160 g/mol. The Morgan fingerprint density at radius 2 is 1.53 bits per heavy atom. The van der Waals surface area contributed by atoms with Crippen molar-refractivity contribution in [3.63, 3.8) is 0 Å². The lowest BCUT2D eigenvalue weighted by atomic mass is 9.74. The number of hydrogen-bond acceptors (Lipinski definition) is 22. The van der Waals surface area contributed by atoms with Crippen molar-refractivity contribution in [3.05, 3.63) is 39.1 Å². The third kappa shape index (κ3) is 15.9. The number of halogens is 1. The SMILES string of the molecule is CC[C@H]1OC(=O)[C@H](C)[C@@H](O[C@H]2C[C@@](C)(OC)[C@@H](OC(=O)CNC(=O)CCOCCOCCNc3cc4c(=O)c(C(=O)O)cn(C5CC5)c4cc3Cl)[C@H](C)O2)[C@H](C)[C@@H](O[C@H]2O[C@@H](C)C[C@@H](N(C)C)[C@@H]2O)[C@](C)(OC)C[C@@H](C)C(=O)[C@H](C)[C@H]2OC(=O)O[C@@]21C. The molecule has 0 spiro atoms. The Morgan fingerprint density at radius 3 is 2.16 bits per heavy atom. The maximum absolute atomic E-state index is 14.8. The second kappa shape index (κ2) is 29.3. The van der Waals surface area contributed by atoms with Gasteiger partial charge in [-0.15, -0.1) is 0 Å². The molecule has 5 fully saturated rings. The summed E-state index contributed by atoms with van der Waals surface area (Å²) in [5.74, 6) is -7.11. The van der Waals surface area contributed by atoms with Gasteiger partial charge in [0.25, 0.3) is 0 Å². The minimum absolute atomic E-state index is 0.0317. The van der Waals surface area contributed by atoms with E-state index >= 15 is 0 Å². The Balaban J connectivity index is 0.967. The number of ether oxygens (including phenoxy) is 12. The van der Waals surface area contributed by atoms with Crippen LogP contribution in [0.25, 0.3) is 10.9 Å². The third-order valence-corrected chi connectivity index (χ3v) is 18.4. The zero-order valence-electron chi connectivity index (χ0n) is 52.6. The summed E-state index contributed by atoms with van der Waals surface area (Å²) in [6.45, 7) is 17.8. The number of ketones is 1. The van der Waals surface area contributed by atoms with Crippen molar-refractivity contribution < 1.29 is 95.8 Å². The van der Waals surface area contributed by atoms with Crippen molar-refractivity contribution in [3.8, 4) is 0 Å². The number of likely N-dealkylation sites (N-methyl/N-ethyl adjacent to an activating group) is 1. The van der Waals surface area contributed by atoms with Crippen LogP contribution in [-0.4, -0.2) is 208 Å². The van der Waals surface area contributed by atoms with E-state index in [0.29, 0.717) is 29.2 Å². The van der Waals surface area contributed by atoms with E-state index in [9.17, 15) is 43.8 Å². The number of hydrogen-bond donors (Lipinski definition) is 4. The van der Waals surface area contributed by atoms with E-state index in [-0.39, 0.29) is 87.0 Å². The van der Waals surface area contributed by atoms with Gasteiger partial charge >= 0.3 is 24.1 Å². The number of rotatable bonds is 23. The van der Waals surface area contributed by atoms with Crippen molar-refractivity contribution >= 4 is 63.9 Å². The van der Waals surface area contributed by atoms with Gasteiger partial charge in [0.2, 0.25) is 11.3 Å². The van der Waals surface area contributed by atoms with E-state index in [1.807, 2.05) is 32.8 Å². The number of esters is 2. The zero-order chi connectivity index (χ0) is 64.0. The first kappa shape index (κ1) is 69.4. The Morgan fingerprint density at radius 1 is 0.862 bits per heavy atom. The summed E-state index contributed by atoms with van der Waals surface area (Å²) in [5.41, 5.74) is -4.02. The monoisotopic (exact) mass is 1250 g/mol. The number of aliphatic hydroxyl groups excluding tert-OH is 1. The topological polar surface area (TPSA) is 303 Å². The molecule has 0 bridgehead atoms. The Bertz CT molecular complexity index is 2840. The van der Waals surface area contributed by atoms with Gasteiger partial charge in [-0.05, 0) is 99.9 Å². The lowest BCUT2D eigenvalue weighted by molar-refractivity contribution is -0.320. The third-order valence-electron chi connectivity index (χ3n) is 18.1. The molecule has 1 aromatic carbocycles. The number of fused-ring (bicyclic) bond motifs is 2. The number of pyridine rings is 1. The van der Waals surface area contributed by atoms with Crippen molar-refractivity contribution in [2.24, 2.45) is 23.7 Å². The van der Waals surface area contributed by atoms with Crippen LogP contribution in [0.1, 0.15) is 131 Å². The number of aromatic nitrogens is 1. The molecule has 7 rings (SSSR count). The number of benzene rings is 1. The van der Waals surface area contributed by atoms with Gasteiger partial charge in [0.15, 0.2) is 30.4 Å².